The summed E-state index contributed by atoms with van der Waals surface area (Å²) in [5, 5.41) is 3.61. The average molecular weight is 232 g/mol. The van der Waals surface area contributed by atoms with E-state index in [4.69, 9.17) is 0 Å². The van der Waals surface area contributed by atoms with Crippen LogP contribution in [-0.2, 0) is 0 Å². The van der Waals surface area contributed by atoms with Gasteiger partial charge in [0.15, 0.2) is 0 Å². The second-order valence-corrected chi connectivity index (χ2v) is 5.80. The van der Waals surface area contributed by atoms with Gasteiger partial charge in [-0.05, 0) is 57.9 Å². The predicted molar refractivity (Wildman–Crippen MR) is 74.8 cm³/mol. The van der Waals surface area contributed by atoms with Crippen LogP contribution < -0.4 is 10.2 Å². The van der Waals surface area contributed by atoms with Crippen molar-refractivity contribution in [1.82, 2.24) is 5.32 Å². The first-order valence-electron chi connectivity index (χ1n) is 6.56. The molecule has 0 unspecified atom stereocenters. The summed E-state index contributed by atoms with van der Waals surface area (Å²) in [6.07, 6.45) is 1.22. The molecule has 2 rings (SSSR count). The van der Waals surface area contributed by atoms with Crippen LogP contribution in [0.25, 0.3) is 0 Å². The molecule has 1 fully saturated rings. The lowest BCUT2D eigenvalue weighted by Crippen LogP contribution is -2.46. The molecule has 1 heterocycles. The number of hydrogen-bond donors (Lipinski definition) is 1. The number of benzene rings is 1. The van der Waals surface area contributed by atoms with Crippen LogP contribution in [0.4, 0.5) is 5.69 Å². The van der Waals surface area contributed by atoms with Gasteiger partial charge in [0.25, 0.3) is 0 Å². The van der Waals surface area contributed by atoms with E-state index in [-0.39, 0.29) is 5.54 Å². The van der Waals surface area contributed by atoms with Gasteiger partial charge in [0.05, 0.1) is 0 Å². The first-order chi connectivity index (χ1) is 7.99. The third-order valence-corrected chi connectivity index (χ3v) is 3.71. The molecule has 0 aromatic heterocycles. The molecule has 1 aromatic rings. The summed E-state index contributed by atoms with van der Waals surface area (Å²) in [4.78, 5) is 2.53. The van der Waals surface area contributed by atoms with E-state index in [1.807, 2.05) is 0 Å². The second kappa shape index (κ2) is 4.69. The minimum atomic E-state index is 0.201. The Morgan fingerprint density at radius 1 is 1.24 bits per heavy atom. The third-order valence-electron chi connectivity index (χ3n) is 3.71. The van der Waals surface area contributed by atoms with Crippen LogP contribution in [0.15, 0.2) is 18.2 Å². The van der Waals surface area contributed by atoms with Crippen molar-refractivity contribution in [3.05, 3.63) is 29.3 Å². The highest BCUT2D eigenvalue weighted by molar-refractivity contribution is 5.56. The highest BCUT2D eigenvalue weighted by atomic mass is 15.2. The number of anilines is 1. The molecule has 2 nitrogen and oxygen atoms in total. The van der Waals surface area contributed by atoms with Gasteiger partial charge >= 0.3 is 0 Å². The Morgan fingerprint density at radius 2 is 2.00 bits per heavy atom. The van der Waals surface area contributed by atoms with Crippen LogP contribution in [0, 0.1) is 13.8 Å². The van der Waals surface area contributed by atoms with Crippen LogP contribution in [0.2, 0.25) is 0 Å². The summed E-state index contributed by atoms with van der Waals surface area (Å²) >= 11 is 0. The Morgan fingerprint density at radius 3 is 2.76 bits per heavy atom. The number of hydrogen-bond acceptors (Lipinski definition) is 2. The molecule has 1 N–H and O–H groups in total. The zero-order chi connectivity index (χ0) is 12.5. The molecule has 1 aliphatic rings. The van der Waals surface area contributed by atoms with E-state index >= 15 is 0 Å². The molecule has 1 aromatic carbocycles. The molecule has 0 atom stereocenters. The van der Waals surface area contributed by atoms with Crippen LogP contribution >= 0.6 is 0 Å². The SMILES string of the molecule is Cc1cccc(N2CCCNC(C)(C)C2)c1C. The van der Waals surface area contributed by atoms with Gasteiger partial charge in [0, 0.05) is 24.3 Å². The smallest absolute Gasteiger partial charge is 0.0399 e. The summed E-state index contributed by atoms with van der Waals surface area (Å²) in [6, 6.07) is 6.62. The Kier molecular flexibility index (Phi) is 3.43. The molecule has 2 heteroatoms. The molecule has 94 valence electrons. The zero-order valence-corrected chi connectivity index (χ0v) is 11.5. The first-order valence-corrected chi connectivity index (χ1v) is 6.56. The van der Waals surface area contributed by atoms with E-state index in [2.05, 4.69) is 56.1 Å². The standard InChI is InChI=1S/C15H24N2/c1-12-7-5-8-14(13(12)2)17-10-6-9-16-15(3,4)11-17/h5,7-8,16H,6,9-11H2,1-4H3. The van der Waals surface area contributed by atoms with Gasteiger partial charge in [0.1, 0.15) is 0 Å². The summed E-state index contributed by atoms with van der Waals surface area (Å²) in [5.41, 5.74) is 4.41. The maximum absolute atomic E-state index is 3.61. The molecule has 0 spiro atoms. The van der Waals surface area contributed by atoms with Crippen molar-refractivity contribution < 1.29 is 0 Å². The van der Waals surface area contributed by atoms with Crippen LogP contribution in [0.1, 0.15) is 31.4 Å². The number of nitrogens with zero attached hydrogens (tertiary/aromatic N) is 1. The first kappa shape index (κ1) is 12.4. The van der Waals surface area contributed by atoms with Crippen LogP contribution in [0.3, 0.4) is 0 Å². The number of aryl methyl sites for hydroxylation is 1. The molecule has 17 heavy (non-hydrogen) atoms. The normalized spacial score (nSPS) is 20.1. The molecular formula is C15H24N2. The third kappa shape index (κ3) is 2.81. The Labute approximate surface area is 105 Å². The lowest BCUT2D eigenvalue weighted by atomic mass is 10.0. The highest BCUT2D eigenvalue weighted by Gasteiger charge is 2.24. The monoisotopic (exact) mass is 232 g/mol. The molecule has 0 saturated carbocycles. The van der Waals surface area contributed by atoms with E-state index < -0.39 is 0 Å². The van der Waals surface area contributed by atoms with Crippen molar-refractivity contribution >= 4 is 5.69 Å². The minimum Gasteiger partial charge on any atom is -0.369 e. The van der Waals surface area contributed by atoms with Crippen molar-refractivity contribution in [2.75, 3.05) is 24.5 Å². The Balaban J connectivity index is 2.29. The molecular weight excluding hydrogens is 208 g/mol. The van der Waals surface area contributed by atoms with Gasteiger partial charge in [-0.25, -0.2) is 0 Å². The molecule has 1 aliphatic heterocycles. The van der Waals surface area contributed by atoms with E-state index in [0.29, 0.717) is 0 Å². The van der Waals surface area contributed by atoms with Gasteiger partial charge in [-0.2, -0.15) is 0 Å². The van der Waals surface area contributed by atoms with Crippen molar-refractivity contribution in [2.24, 2.45) is 0 Å². The maximum Gasteiger partial charge on any atom is 0.0399 e. The van der Waals surface area contributed by atoms with E-state index in [1.54, 1.807) is 0 Å². The second-order valence-electron chi connectivity index (χ2n) is 5.80. The van der Waals surface area contributed by atoms with Gasteiger partial charge in [-0.3, -0.25) is 0 Å². The largest absolute Gasteiger partial charge is 0.369 e. The highest BCUT2D eigenvalue weighted by Crippen LogP contribution is 2.25. The molecule has 0 bridgehead atoms. The lowest BCUT2D eigenvalue weighted by Gasteiger charge is -2.32. The maximum atomic E-state index is 3.61. The molecule has 0 amide bonds. The molecule has 0 radical (unpaired) electrons. The number of nitrogens with one attached hydrogen (secondary N) is 1. The van der Waals surface area contributed by atoms with Crippen molar-refractivity contribution in [3.8, 4) is 0 Å². The fraction of sp³-hybridized carbons (Fsp3) is 0.600. The van der Waals surface area contributed by atoms with E-state index in [1.165, 1.54) is 23.2 Å². The predicted octanol–water partition coefficient (Wildman–Crippen LogP) is 2.88. The lowest BCUT2D eigenvalue weighted by molar-refractivity contribution is 0.416. The Bertz CT molecular complexity index is 396. The zero-order valence-electron chi connectivity index (χ0n) is 11.5. The molecule has 0 aliphatic carbocycles. The van der Waals surface area contributed by atoms with Crippen LogP contribution in [0.5, 0.6) is 0 Å². The topological polar surface area (TPSA) is 15.3 Å². The summed E-state index contributed by atoms with van der Waals surface area (Å²) in [6.45, 7) is 12.4. The van der Waals surface area contributed by atoms with Crippen molar-refractivity contribution in [1.29, 1.82) is 0 Å². The van der Waals surface area contributed by atoms with E-state index in [9.17, 15) is 0 Å². The van der Waals surface area contributed by atoms with Gasteiger partial charge in [-0.1, -0.05) is 12.1 Å². The number of rotatable bonds is 1. The van der Waals surface area contributed by atoms with Gasteiger partial charge < -0.3 is 10.2 Å². The minimum absolute atomic E-state index is 0.201. The van der Waals surface area contributed by atoms with Gasteiger partial charge in [0.2, 0.25) is 0 Å². The average Bonchev–Trinajstić information content (AvgIpc) is 2.43. The molecule has 1 saturated heterocycles. The van der Waals surface area contributed by atoms with Crippen LogP contribution in [-0.4, -0.2) is 25.2 Å². The fourth-order valence-corrected chi connectivity index (χ4v) is 2.59. The summed E-state index contributed by atoms with van der Waals surface area (Å²) in [5.74, 6) is 0. The van der Waals surface area contributed by atoms with Crippen molar-refractivity contribution in [2.45, 2.75) is 39.7 Å². The fourth-order valence-electron chi connectivity index (χ4n) is 2.59. The van der Waals surface area contributed by atoms with Gasteiger partial charge in [-0.15, -0.1) is 0 Å². The van der Waals surface area contributed by atoms with Crippen molar-refractivity contribution in [3.63, 3.8) is 0 Å². The quantitative estimate of drug-likeness (QED) is 0.801. The van der Waals surface area contributed by atoms with E-state index in [0.717, 1.165) is 19.6 Å². The summed E-state index contributed by atoms with van der Waals surface area (Å²) in [7, 11) is 0. The Hall–Kier alpha value is -1.02. The summed E-state index contributed by atoms with van der Waals surface area (Å²) < 4.78 is 0.